The number of thiophene rings is 1. The van der Waals surface area contributed by atoms with Crippen LogP contribution in [0, 0.1) is 6.92 Å². The summed E-state index contributed by atoms with van der Waals surface area (Å²) in [6.07, 6.45) is 0. The number of aromatic nitrogens is 2. The molecule has 0 aliphatic carbocycles. The number of hydrogen-bond donors (Lipinski definition) is 3. The van der Waals surface area contributed by atoms with Crippen LogP contribution in [0.3, 0.4) is 0 Å². The summed E-state index contributed by atoms with van der Waals surface area (Å²) in [4.78, 5) is 0. The molecule has 8 heteroatoms. The van der Waals surface area contributed by atoms with E-state index in [-0.39, 0.29) is 11.6 Å². The first-order valence-corrected chi connectivity index (χ1v) is 8.61. The van der Waals surface area contributed by atoms with Gasteiger partial charge in [-0.1, -0.05) is 0 Å². The zero-order chi connectivity index (χ0) is 15.0. The number of nitrogens with zero attached hydrogens (tertiary/aromatic N) is 1. The molecule has 0 bridgehead atoms. The van der Waals surface area contributed by atoms with Crippen molar-refractivity contribution in [3.8, 4) is 0 Å². The van der Waals surface area contributed by atoms with Crippen LogP contribution < -0.4 is 10.5 Å². The summed E-state index contributed by atoms with van der Waals surface area (Å²) >= 11 is 1.61. The number of benzene rings is 1. The third-order valence-corrected chi connectivity index (χ3v) is 5.45. The van der Waals surface area contributed by atoms with Gasteiger partial charge in [0.1, 0.15) is 0 Å². The molecule has 0 fully saturated rings. The number of sulfonamides is 1. The molecular weight excluding hydrogens is 308 g/mol. The zero-order valence-corrected chi connectivity index (χ0v) is 12.9. The molecule has 4 N–H and O–H groups in total. The molecular formula is C13H14N4O2S2. The first kappa shape index (κ1) is 14.1. The fraction of sp³-hybridized carbons (Fsp3) is 0.154. The number of rotatable bonds is 4. The number of nitrogens with two attached hydrogens (primary N) is 1. The molecule has 0 unspecified atom stereocenters. The quantitative estimate of drug-likeness (QED) is 0.685. The van der Waals surface area contributed by atoms with E-state index in [2.05, 4.69) is 14.9 Å². The standard InChI is InChI=1S/C13H14N4O2S2/c1-8-11(7-14)13(16-15-8)21(18,19)17-10-2-3-12-9(6-10)4-5-20-12/h2-6,17H,7,14H2,1H3,(H,15,16). The Morgan fingerprint density at radius 3 is 2.95 bits per heavy atom. The third-order valence-electron chi connectivity index (χ3n) is 3.20. The second kappa shape index (κ2) is 5.14. The van der Waals surface area contributed by atoms with Crippen molar-refractivity contribution in [2.75, 3.05) is 4.72 Å². The van der Waals surface area contributed by atoms with Crippen molar-refractivity contribution in [3.63, 3.8) is 0 Å². The topological polar surface area (TPSA) is 101 Å². The number of anilines is 1. The second-order valence-corrected chi connectivity index (χ2v) is 7.16. The molecule has 3 rings (SSSR count). The van der Waals surface area contributed by atoms with Crippen LogP contribution in [0.25, 0.3) is 10.1 Å². The van der Waals surface area contributed by atoms with Crippen LogP contribution in [-0.4, -0.2) is 18.6 Å². The molecule has 2 aromatic heterocycles. The zero-order valence-electron chi connectivity index (χ0n) is 11.3. The Kier molecular flexibility index (Phi) is 3.44. The van der Waals surface area contributed by atoms with Crippen LogP contribution in [-0.2, 0) is 16.6 Å². The molecule has 0 saturated carbocycles. The molecule has 3 aromatic rings. The van der Waals surface area contributed by atoms with Crippen LogP contribution in [0.4, 0.5) is 5.69 Å². The highest BCUT2D eigenvalue weighted by molar-refractivity contribution is 7.92. The van der Waals surface area contributed by atoms with Gasteiger partial charge in [0.05, 0.1) is 0 Å². The number of hydrogen-bond acceptors (Lipinski definition) is 5. The summed E-state index contributed by atoms with van der Waals surface area (Å²) < 4.78 is 28.5. The van der Waals surface area contributed by atoms with Crippen molar-refractivity contribution >= 4 is 37.1 Å². The normalized spacial score (nSPS) is 11.9. The van der Waals surface area contributed by atoms with Gasteiger partial charge in [-0.25, -0.2) is 0 Å². The van der Waals surface area contributed by atoms with Crippen molar-refractivity contribution in [2.45, 2.75) is 18.5 Å². The summed E-state index contributed by atoms with van der Waals surface area (Å²) in [5, 5.41) is 9.43. The fourth-order valence-corrected chi connectivity index (χ4v) is 4.16. The van der Waals surface area contributed by atoms with E-state index in [1.54, 1.807) is 30.4 Å². The van der Waals surface area contributed by atoms with Crippen LogP contribution >= 0.6 is 11.3 Å². The molecule has 0 amide bonds. The van der Waals surface area contributed by atoms with E-state index >= 15 is 0 Å². The predicted octanol–water partition coefficient (Wildman–Crippen LogP) is 2.19. The summed E-state index contributed by atoms with van der Waals surface area (Å²) in [6.45, 7) is 1.85. The lowest BCUT2D eigenvalue weighted by atomic mass is 10.2. The van der Waals surface area contributed by atoms with Crippen LogP contribution in [0.2, 0.25) is 0 Å². The minimum Gasteiger partial charge on any atom is -0.326 e. The maximum Gasteiger partial charge on any atom is 0.281 e. The van der Waals surface area contributed by atoms with Gasteiger partial charge >= 0.3 is 0 Å². The van der Waals surface area contributed by atoms with Gasteiger partial charge in [0.25, 0.3) is 10.0 Å². The molecule has 1 aromatic carbocycles. The van der Waals surface area contributed by atoms with Crippen LogP contribution in [0.5, 0.6) is 0 Å². The van der Waals surface area contributed by atoms with Gasteiger partial charge in [0, 0.05) is 28.2 Å². The highest BCUT2D eigenvalue weighted by Crippen LogP contribution is 2.26. The minimum atomic E-state index is -3.76. The summed E-state index contributed by atoms with van der Waals surface area (Å²) in [5.41, 5.74) is 7.26. The van der Waals surface area contributed by atoms with E-state index in [0.29, 0.717) is 16.9 Å². The van der Waals surface area contributed by atoms with Gasteiger partial charge < -0.3 is 5.73 Å². The van der Waals surface area contributed by atoms with E-state index < -0.39 is 10.0 Å². The van der Waals surface area contributed by atoms with Gasteiger partial charge in [-0.2, -0.15) is 13.5 Å². The predicted molar refractivity (Wildman–Crippen MR) is 83.8 cm³/mol. The SMILES string of the molecule is Cc1[nH]nc(S(=O)(=O)Nc2ccc3sccc3c2)c1CN. The van der Waals surface area contributed by atoms with Crippen molar-refractivity contribution in [1.82, 2.24) is 10.2 Å². The maximum absolute atomic E-state index is 12.4. The smallest absolute Gasteiger partial charge is 0.281 e. The van der Waals surface area contributed by atoms with Gasteiger partial charge in [0.2, 0.25) is 5.03 Å². The van der Waals surface area contributed by atoms with Gasteiger partial charge in [-0.15, -0.1) is 11.3 Å². The molecule has 6 nitrogen and oxygen atoms in total. The Balaban J connectivity index is 1.98. The van der Waals surface area contributed by atoms with Crippen LogP contribution in [0.15, 0.2) is 34.7 Å². The molecule has 0 atom stereocenters. The lowest BCUT2D eigenvalue weighted by Gasteiger charge is -2.07. The average molecular weight is 322 g/mol. The molecule has 0 aliphatic rings. The Bertz CT molecular complexity index is 896. The molecule has 0 spiro atoms. The number of aromatic amines is 1. The van der Waals surface area contributed by atoms with Crippen molar-refractivity contribution in [2.24, 2.45) is 5.73 Å². The van der Waals surface area contributed by atoms with E-state index in [9.17, 15) is 8.42 Å². The molecule has 0 saturated heterocycles. The number of aryl methyl sites for hydroxylation is 1. The molecule has 2 heterocycles. The average Bonchev–Trinajstić information content (AvgIpc) is 3.03. The fourth-order valence-electron chi connectivity index (χ4n) is 2.13. The van der Waals surface area contributed by atoms with Crippen molar-refractivity contribution in [1.29, 1.82) is 0 Å². The Morgan fingerprint density at radius 1 is 1.38 bits per heavy atom. The molecule has 21 heavy (non-hydrogen) atoms. The largest absolute Gasteiger partial charge is 0.326 e. The lowest BCUT2D eigenvalue weighted by Crippen LogP contribution is -2.16. The number of nitrogens with one attached hydrogen (secondary N) is 2. The van der Waals surface area contributed by atoms with Crippen molar-refractivity contribution in [3.05, 3.63) is 40.9 Å². The summed E-state index contributed by atoms with van der Waals surface area (Å²) in [6, 6.07) is 7.36. The van der Waals surface area contributed by atoms with E-state index in [1.807, 2.05) is 17.5 Å². The first-order valence-electron chi connectivity index (χ1n) is 6.25. The van der Waals surface area contributed by atoms with Gasteiger partial charge in [-0.05, 0) is 42.0 Å². The third kappa shape index (κ3) is 2.53. The number of fused-ring (bicyclic) bond motifs is 1. The molecule has 110 valence electrons. The highest BCUT2D eigenvalue weighted by Gasteiger charge is 2.23. The molecule has 0 radical (unpaired) electrons. The second-order valence-electron chi connectivity index (χ2n) is 4.62. The Morgan fingerprint density at radius 2 is 2.19 bits per heavy atom. The van der Waals surface area contributed by atoms with Crippen molar-refractivity contribution < 1.29 is 8.42 Å². The van der Waals surface area contributed by atoms with E-state index in [0.717, 1.165) is 10.1 Å². The number of H-pyrrole nitrogens is 1. The highest BCUT2D eigenvalue weighted by atomic mass is 32.2. The van der Waals surface area contributed by atoms with E-state index in [4.69, 9.17) is 5.73 Å². The first-order chi connectivity index (χ1) is 10.0. The summed E-state index contributed by atoms with van der Waals surface area (Å²) in [7, 11) is -3.76. The molecule has 0 aliphatic heterocycles. The monoisotopic (exact) mass is 322 g/mol. The van der Waals surface area contributed by atoms with Crippen LogP contribution in [0.1, 0.15) is 11.3 Å². The Labute approximate surface area is 126 Å². The summed E-state index contributed by atoms with van der Waals surface area (Å²) in [5.74, 6) is 0. The van der Waals surface area contributed by atoms with Gasteiger partial charge in [0.15, 0.2) is 0 Å². The maximum atomic E-state index is 12.4. The van der Waals surface area contributed by atoms with Gasteiger partial charge in [-0.3, -0.25) is 9.82 Å². The lowest BCUT2D eigenvalue weighted by molar-refractivity contribution is 0.596. The minimum absolute atomic E-state index is 0.0482. The van der Waals surface area contributed by atoms with E-state index in [1.165, 1.54) is 0 Å². The Hall–Kier alpha value is -1.90.